The van der Waals surface area contributed by atoms with Gasteiger partial charge in [-0.15, -0.1) is 0 Å². The van der Waals surface area contributed by atoms with E-state index in [0.29, 0.717) is 5.54 Å². The Kier molecular flexibility index (Phi) is 6.32. The van der Waals surface area contributed by atoms with Crippen LogP contribution in [0.3, 0.4) is 0 Å². The molecule has 94 valence electrons. The molecular weight excluding hydrogens is 216 g/mol. The first-order valence-corrected chi connectivity index (χ1v) is 8.06. The second kappa shape index (κ2) is 7.25. The van der Waals surface area contributed by atoms with Gasteiger partial charge in [0.15, 0.2) is 0 Å². The van der Waals surface area contributed by atoms with Crippen molar-refractivity contribution >= 4 is 9.28 Å². The van der Waals surface area contributed by atoms with Gasteiger partial charge in [-0.05, 0) is 36.6 Å². The Labute approximate surface area is 102 Å². The fourth-order valence-electron chi connectivity index (χ4n) is 2.47. The Bertz CT molecular complexity index is 202. The van der Waals surface area contributed by atoms with Crippen LogP contribution in [0, 0.1) is 11.8 Å². The van der Waals surface area contributed by atoms with Crippen LogP contribution < -0.4 is 0 Å². The summed E-state index contributed by atoms with van der Waals surface area (Å²) in [4.78, 5) is 0. The molecule has 3 atom stereocenters. The van der Waals surface area contributed by atoms with E-state index >= 15 is 0 Å². The summed E-state index contributed by atoms with van der Waals surface area (Å²) in [6.07, 6.45) is 10.3. The highest BCUT2D eigenvalue weighted by atomic mass is 28.3. The molecule has 2 bridgehead atoms. The van der Waals surface area contributed by atoms with E-state index in [1.807, 2.05) is 0 Å². The smallest absolute Gasteiger partial charge is 0.323 e. The topological polar surface area (TPSA) is 18.5 Å². The lowest BCUT2D eigenvalue weighted by molar-refractivity contribution is 0.266. The first-order chi connectivity index (χ1) is 7.71. The van der Waals surface area contributed by atoms with Crippen molar-refractivity contribution in [2.75, 3.05) is 14.2 Å². The largest absolute Gasteiger partial charge is 0.400 e. The predicted molar refractivity (Wildman–Crippen MR) is 70.9 cm³/mol. The lowest BCUT2D eigenvalue weighted by Crippen LogP contribution is -2.23. The summed E-state index contributed by atoms with van der Waals surface area (Å²) in [6, 6.07) is 0. The van der Waals surface area contributed by atoms with Gasteiger partial charge in [0.1, 0.15) is 0 Å². The first-order valence-electron chi connectivity index (χ1n) is 6.45. The van der Waals surface area contributed by atoms with Crippen LogP contribution in [-0.2, 0) is 8.85 Å². The van der Waals surface area contributed by atoms with Gasteiger partial charge in [0.2, 0.25) is 0 Å². The average Bonchev–Trinajstić information content (AvgIpc) is 2.95. The molecule has 2 rings (SSSR count). The minimum atomic E-state index is -1.29. The Balaban J connectivity index is 0.000000163. The third-order valence-electron chi connectivity index (χ3n) is 3.74. The minimum absolute atomic E-state index is 0.625. The van der Waals surface area contributed by atoms with Crippen LogP contribution in [0.25, 0.3) is 0 Å². The zero-order valence-electron chi connectivity index (χ0n) is 11.1. The summed E-state index contributed by atoms with van der Waals surface area (Å²) in [5, 5.41) is 0. The predicted octanol–water partition coefficient (Wildman–Crippen LogP) is 3.27. The van der Waals surface area contributed by atoms with Crippen molar-refractivity contribution in [1.82, 2.24) is 0 Å². The van der Waals surface area contributed by atoms with Crippen molar-refractivity contribution < 1.29 is 8.85 Å². The van der Waals surface area contributed by atoms with Crippen molar-refractivity contribution in [1.29, 1.82) is 0 Å². The molecule has 3 unspecified atom stereocenters. The zero-order chi connectivity index (χ0) is 12.0. The quantitative estimate of drug-likeness (QED) is 0.556. The SMILES string of the molecule is C1=CC2CCC1C2.CCC(C)[SiH](OC)OC. The van der Waals surface area contributed by atoms with Gasteiger partial charge in [0.05, 0.1) is 0 Å². The summed E-state index contributed by atoms with van der Waals surface area (Å²) in [6.45, 7) is 4.33. The van der Waals surface area contributed by atoms with Gasteiger partial charge in [-0.1, -0.05) is 32.4 Å². The van der Waals surface area contributed by atoms with Crippen LogP contribution in [0.2, 0.25) is 5.54 Å². The van der Waals surface area contributed by atoms with Crippen molar-refractivity contribution in [3.63, 3.8) is 0 Å². The van der Waals surface area contributed by atoms with E-state index in [4.69, 9.17) is 8.85 Å². The lowest BCUT2D eigenvalue weighted by atomic mass is 10.1. The number of hydrogen-bond donors (Lipinski definition) is 0. The maximum absolute atomic E-state index is 5.17. The van der Waals surface area contributed by atoms with Crippen molar-refractivity contribution in [2.45, 2.75) is 45.1 Å². The van der Waals surface area contributed by atoms with E-state index in [1.165, 1.54) is 19.3 Å². The van der Waals surface area contributed by atoms with Crippen LogP contribution in [0.15, 0.2) is 12.2 Å². The lowest BCUT2D eigenvalue weighted by Gasteiger charge is -2.16. The maximum atomic E-state index is 5.17. The summed E-state index contributed by atoms with van der Waals surface area (Å²) in [5.41, 5.74) is 0.625. The van der Waals surface area contributed by atoms with Crippen molar-refractivity contribution in [2.24, 2.45) is 11.8 Å². The molecule has 2 aliphatic carbocycles. The molecule has 0 N–H and O–H groups in total. The van der Waals surface area contributed by atoms with Crippen molar-refractivity contribution in [3.8, 4) is 0 Å². The molecule has 2 aliphatic rings. The summed E-state index contributed by atoms with van der Waals surface area (Å²) in [7, 11) is 2.17. The molecular formula is C13H26O2Si. The molecule has 0 heterocycles. The molecule has 0 aromatic heterocycles. The van der Waals surface area contributed by atoms with Crippen LogP contribution in [0.5, 0.6) is 0 Å². The normalized spacial score (nSPS) is 28.1. The van der Waals surface area contributed by atoms with Gasteiger partial charge in [0.25, 0.3) is 0 Å². The Morgan fingerprint density at radius 2 is 1.69 bits per heavy atom. The maximum Gasteiger partial charge on any atom is 0.323 e. The second-order valence-corrected chi connectivity index (χ2v) is 7.76. The third-order valence-corrected chi connectivity index (χ3v) is 6.07. The molecule has 0 aliphatic heterocycles. The highest BCUT2D eigenvalue weighted by Crippen LogP contribution is 2.38. The molecule has 3 heteroatoms. The van der Waals surface area contributed by atoms with Crippen LogP contribution >= 0.6 is 0 Å². The highest BCUT2D eigenvalue weighted by molar-refractivity contribution is 6.46. The monoisotopic (exact) mass is 242 g/mol. The van der Waals surface area contributed by atoms with Gasteiger partial charge < -0.3 is 8.85 Å². The van der Waals surface area contributed by atoms with Crippen molar-refractivity contribution in [3.05, 3.63) is 12.2 Å². The molecule has 0 spiro atoms. The van der Waals surface area contributed by atoms with E-state index < -0.39 is 9.28 Å². The van der Waals surface area contributed by atoms with E-state index in [9.17, 15) is 0 Å². The van der Waals surface area contributed by atoms with E-state index in [0.717, 1.165) is 18.3 Å². The fraction of sp³-hybridized carbons (Fsp3) is 0.846. The Morgan fingerprint density at radius 1 is 1.19 bits per heavy atom. The summed E-state index contributed by atoms with van der Waals surface area (Å²) >= 11 is 0. The van der Waals surface area contributed by atoms with Gasteiger partial charge in [-0.3, -0.25) is 0 Å². The second-order valence-electron chi connectivity index (χ2n) is 4.94. The zero-order valence-corrected chi connectivity index (χ0v) is 12.3. The van der Waals surface area contributed by atoms with Gasteiger partial charge in [0, 0.05) is 14.2 Å². The molecule has 1 fully saturated rings. The third kappa shape index (κ3) is 4.04. The van der Waals surface area contributed by atoms with E-state index in [2.05, 4.69) is 26.0 Å². The highest BCUT2D eigenvalue weighted by Gasteiger charge is 2.25. The molecule has 16 heavy (non-hydrogen) atoms. The van der Waals surface area contributed by atoms with Crippen LogP contribution in [0.4, 0.5) is 0 Å². The van der Waals surface area contributed by atoms with Gasteiger partial charge in [-0.2, -0.15) is 0 Å². The molecule has 0 radical (unpaired) electrons. The standard InChI is InChI=1S/C7H10.C6H16O2Si/c1-2-7-4-3-6(1)5-7;1-5-6(2)9(7-3)8-4/h1-2,6-7H,3-5H2;6,9H,5H2,1-4H3. The molecule has 0 aromatic rings. The summed E-state index contributed by atoms with van der Waals surface area (Å²) in [5.74, 6) is 1.98. The number of allylic oxidation sites excluding steroid dienone is 2. The molecule has 1 saturated carbocycles. The number of hydrogen-bond acceptors (Lipinski definition) is 2. The summed E-state index contributed by atoms with van der Waals surface area (Å²) < 4.78 is 10.3. The van der Waals surface area contributed by atoms with Gasteiger partial charge in [-0.25, -0.2) is 0 Å². The molecule has 0 amide bonds. The number of fused-ring (bicyclic) bond motifs is 2. The van der Waals surface area contributed by atoms with E-state index in [1.54, 1.807) is 14.2 Å². The molecule has 2 nitrogen and oxygen atoms in total. The van der Waals surface area contributed by atoms with Crippen LogP contribution in [-0.4, -0.2) is 23.5 Å². The van der Waals surface area contributed by atoms with Gasteiger partial charge >= 0.3 is 9.28 Å². The molecule has 0 aromatic carbocycles. The Morgan fingerprint density at radius 3 is 1.81 bits per heavy atom. The van der Waals surface area contributed by atoms with Crippen LogP contribution in [0.1, 0.15) is 39.5 Å². The number of rotatable bonds is 4. The minimum Gasteiger partial charge on any atom is -0.400 e. The Hall–Kier alpha value is -0.123. The molecule has 0 saturated heterocycles. The fourth-order valence-corrected chi connectivity index (χ4v) is 3.98. The van der Waals surface area contributed by atoms with E-state index in [-0.39, 0.29) is 0 Å². The first kappa shape index (κ1) is 13.9. The average molecular weight is 242 g/mol.